The average molecular weight is 498 g/mol. The molecular formula is C22H32BrN3O3S. The number of carbonyl (C=O) groups is 1. The summed E-state index contributed by atoms with van der Waals surface area (Å²) in [4.78, 5) is 14.8. The highest BCUT2D eigenvalue weighted by Crippen LogP contribution is 2.15. The second-order valence-electron chi connectivity index (χ2n) is 7.82. The quantitative estimate of drug-likeness (QED) is 0.469. The minimum atomic E-state index is -3.45. The Balaban J connectivity index is 2.17. The highest BCUT2D eigenvalue weighted by Gasteiger charge is 2.26. The number of sulfonamides is 1. The van der Waals surface area contributed by atoms with Crippen molar-refractivity contribution in [3.63, 3.8) is 0 Å². The van der Waals surface area contributed by atoms with Crippen LogP contribution in [0, 0.1) is 0 Å². The van der Waals surface area contributed by atoms with Crippen LogP contribution in [0.3, 0.4) is 0 Å². The molecule has 0 saturated carbocycles. The van der Waals surface area contributed by atoms with Crippen molar-refractivity contribution in [3.05, 3.63) is 58.3 Å². The number of nitrogens with zero attached hydrogens (tertiary/aromatic N) is 3. The van der Waals surface area contributed by atoms with Crippen LogP contribution in [0.25, 0.3) is 0 Å². The lowest BCUT2D eigenvalue weighted by Crippen LogP contribution is -2.45. The molecule has 166 valence electrons. The van der Waals surface area contributed by atoms with Gasteiger partial charge < -0.3 is 9.47 Å². The summed E-state index contributed by atoms with van der Waals surface area (Å²) in [6.07, 6.45) is 5.00. The third-order valence-electron chi connectivity index (χ3n) is 4.97. The first kappa shape index (κ1) is 24.6. The number of amides is 1. The fourth-order valence-electron chi connectivity index (χ4n) is 3.29. The van der Waals surface area contributed by atoms with Crippen LogP contribution in [0.2, 0.25) is 0 Å². The third-order valence-corrected chi connectivity index (χ3v) is 6.90. The van der Waals surface area contributed by atoms with Crippen LogP contribution in [-0.2, 0) is 27.9 Å². The van der Waals surface area contributed by atoms with Gasteiger partial charge in [0.1, 0.15) is 0 Å². The average Bonchev–Trinajstić information content (AvgIpc) is 3.10. The Morgan fingerprint density at radius 2 is 1.83 bits per heavy atom. The van der Waals surface area contributed by atoms with Crippen LogP contribution in [0.5, 0.6) is 0 Å². The Kier molecular flexibility index (Phi) is 9.12. The van der Waals surface area contributed by atoms with E-state index < -0.39 is 10.0 Å². The lowest BCUT2D eigenvalue weighted by atomic mass is 10.2. The van der Waals surface area contributed by atoms with Gasteiger partial charge in [-0.05, 0) is 50.1 Å². The van der Waals surface area contributed by atoms with Crippen molar-refractivity contribution in [1.82, 2.24) is 13.8 Å². The molecule has 1 heterocycles. The molecule has 0 bridgehead atoms. The van der Waals surface area contributed by atoms with Gasteiger partial charge in [-0.25, -0.2) is 8.42 Å². The molecule has 0 aliphatic carbocycles. The molecule has 2 rings (SSSR count). The van der Waals surface area contributed by atoms with Crippen molar-refractivity contribution in [2.45, 2.75) is 52.7 Å². The summed E-state index contributed by atoms with van der Waals surface area (Å²) in [5.74, 6) is -0.168. The summed E-state index contributed by atoms with van der Waals surface area (Å²) in [5, 5.41) is 0. The van der Waals surface area contributed by atoms with Gasteiger partial charge in [-0.3, -0.25) is 4.79 Å². The molecule has 1 aromatic heterocycles. The second kappa shape index (κ2) is 11.1. The Morgan fingerprint density at radius 3 is 2.40 bits per heavy atom. The number of carbonyl (C=O) groups excluding carboxylic acids is 1. The lowest BCUT2D eigenvalue weighted by molar-refractivity contribution is -0.132. The number of unbranched alkanes of at least 4 members (excludes halogenated alkanes) is 1. The summed E-state index contributed by atoms with van der Waals surface area (Å²) < 4.78 is 28.6. The normalized spacial score (nSPS) is 12.0. The standard InChI is InChI=1S/C22H32BrN3O3S/c1-5-6-13-25(22(27)17-26(18(2)3)30(4,28)29)16-21-8-7-14-24(21)15-19-9-11-20(23)12-10-19/h7-12,14,18H,5-6,13,15-17H2,1-4H3. The summed E-state index contributed by atoms with van der Waals surface area (Å²) in [7, 11) is -3.45. The van der Waals surface area contributed by atoms with E-state index >= 15 is 0 Å². The molecule has 6 nitrogen and oxygen atoms in total. The number of aromatic nitrogens is 1. The second-order valence-corrected chi connectivity index (χ2v) is 10.7. The predicted octanol–water partition coefficient (Wildman–Crippen LogP) is 4.10. The molecule has 0 aliphatic rings. The fourth-order valence-corrected chi connectivity index (χ4v) is 4.66. The molecule has 1 amide bonds. The van der Waals surface area contributed by atoms with Gasteiger partial charge in [0.15, 0.2) is 0 Å². The van der Waals surface area contributed by atoms with E-state index in [1.165, 1.54) is 9.87 Å². The maximum atomic E-state index is 13.0. The van der Waals surface area contributed by atoms with Crippen molar-refractivity contribution in [2.24, 2.45) is 0 Å². The van der Waals surface area contributed by atoms with E-state index in [0.717, 1.165) is 29.3 Å². The first-order valence-electron chi connectivity index (χ1n) is 10.2. The van der Waals surface area contributed by atoms with Crippen LogP contribution in [-0.4, -0.2) is 53.5 Å². The molecule has 8 heteroatoms. The molecule has 0 saturated heterocycles. The van der Waals surface area contributed by atoms with Crippen LogP contribution in [0.1, 0.15) is 44.9 Å². The van der Waals surface area contributed by atoms with Crippen molar-refractivity contribution >= 4 is 31.9 Å². The first-order chi connectivity index (χ1) is 14.1. The Labute approximate surface area is 189 Å². The monoisotopic (exact) mass is 497 g/mol. The van der Waals surface area contributed by atoms with Crippen molar-refractivity contribution in [1.29, 1.82) is 0 Å². The molecule has 2 aromatic rings. The maximum absolute atomic E-state index is 13.0. The van der Waals surface area contributed by atoms with E-state index in [0.29, 0.717) is 19.6 Å². The Morgan fingerprint density at radius 1 is 1.17 bits per heavy atom. The van der Waals surface area contributed by atoms with Crippen LogP contribution >= 0.6 is 15.9 Å². The molecule has 30 heavy (non-hydrogen) atoms. The summed E-state index contributed by atoms with van der Waals surface area (Å²) in [5.41, 5.74) is 2.20. The topological polar surface area (TPSA) is 62.6 Å². The minimum absolute atomic E-state index is 0.131. The van der Waals surface area contributed by atoms with Gasteiger partial charge in [-0.15, -0.1) is 0 Å². The molecule has 0 unspecified atom stereocenters. The van der Waals surface area contributed by atoms with Gasteiger partial charge >= 0.3 is 0 Å². The SMILES string of the molecule is CCCCN(Cc1cccn1Cc1ccc(Br)cc1)C(=O)CN(C(C)C)S(C)(=O)=O. The van der Waals surface area contributed by atoms with E-state index in [9.17, 15) is 13.2 Å². The van der Waals surface area contributed by atoms with E-state index in [1.807, 2.05) is 30.5 Å². The summed E-state index contributed by atoms with van der Waals surface area (Å²) in [6.45, 7) is 7.30. The molecule has 0 spiro atoms. The van der Waals surface area contributed by atoms with Gasteiger partial charge in [0.2, 0.25) is 15.9 Å². The summed E-state index contributed by atoms with van der Waals surface area (Å²) in [6, 6.07) is 11.9. The third kappa shape index (κ3) is 7.25. The first-order valence-corrected chi connectivity index (χ1v) is 12.9. The van der Waals surface area contributed by atoms with E-state index in [2.05, 4.69) is 39.6 Å². The zero-order valence-corrected chi connectivity index (χ0v) is 20.6. The van der Waals surface area contributed by atoms with Gasteiger partial charge in [-0.2, -0.15) is 4.31 Å². The van der Waals surface area contributed by atoms with Crippen LogP contribution < -0.4 is 0 Å². The van der Waals surface area contributed by atoms with Crippen molar-refractivity contribution in [3.8, 4) is 0 Å². The number of rotatable bonds is 11. The van der Waals surface area contributed by atoms with Gasteiger partial charge in [-0.1, -0.05) is 41.4 Å². The Bertz CT molecular complexity index is 923. The molecule has 0 radical (unpaired) electrons. The summed E-state index contributed by atoms with van der Waals surface area (Å²) >= 11 is 3.46. The number of benzene rings is 1. The molecule has 0 atom stereocenters. The minimum Gasteiger partial charge on any atom is -0.345 e. The highest BCUT2D eigenvalue weighted by molar-refractivity contribution is 9.10. The molecule has 0 fully saturated rings. The largest absolute Gasteiger partial charge is 0.345 e. The van der Waals surface area contributed by atoms with E-state index in [1.54, 1.807) is 18.7 Å². The molecule has 0 aliphatic heterocycles. The van der Waals surface area contributed by atoms with Gasteiger partial charge in [0.05, 0.1) is 19.3 Å². The van der Waals surface area contributed by atoms with Gasteiger partial charge in [0.25, 0.3) is 0 Å². The number of hydrogen-bond acceptors (Lipinski definition) is 3. The van der Waals surface area contributed by atoms with E-state index in [-0.39, 0.29) is 18.5 Å². The maximum Gasteiger partial charge on any atom is 0.238 e. The van der Waals surface area contributed by atoms with Gasteiger partial charge in [0, 0.05) is 35.5 Å². The predicted molar refractivity (Wildman–Crippen MR) is 125 cm³/mol. The molecule has 1 aromatic carbocycles. The zero-order valence-electron chi connectivity index (χ0n) is 18.2. The number of halogens is 1. The lowest BCUT2D eigenvalue weighted by Gasteiger charge is -2.28. The van der Waals surface area contributed by atoms with Crippen molar-refractivity contribution < 1.29 is 13.2 Å². The molecule has 0 N–H and O–H groups in total. The van der Waals surface area contributed by atoms with Crippen LogP contribution in [0.15, 0.2) is 47.1 Å². The number of hydrogen-bond donors (Lipinski definition) is 0. The zero-order chi connectivity index (χ0) is 22.3. The Hall–Kier alpha value is -1.64. The molecular weight excluding hydrogens is 466 g/mol. The van der Waals surface area contributed by atoms with Crippen LogP contribution in [0.4, 0.5) is 0 Å². The highest BCUT2D eigenvalue weighted by atomic mass is 79.9. The fraction of sp³-hybridized carbons (Fsp3) is 0.500. The van der Waals surface area contributed by atoms with E-state index in [4.69, 9.17) is 0 Å². The smallest absolute Gasteiger partial charge is 0.238 e. The van der Waals surface area contributed by atoms with Crippen molar-refractivity contribution in [2.75, 3.05) is 19.3 Å².